The lowest BCUT2D eigenvalue weighted by atomic mass is 10.2. The van der Waals surface area contributed by atoms with Gasteiger partial charge in [0, 0.05) is 22.3 Å². The lowest BCUT2D eigenvalue weighted by molar-refractivity contribution is -0.117. The molecule has 0 saturated heterocycles. The number of hydrazine groups is 1. The monoisotopic (exact) mass is 363 g/mol. The lowest BCUT2D eigenvalue weighted by Crippen LogP contribution is -2.40. The van der Waals surface area contributed by atoms with Gasteiger partial charge in [-0.2, -0.15) is 0 Å². The van der Waals surface area contributed by atoms with Crippen molar-refractivity contribution in [2.24, 2.45) is 0 Å². The number of aromatic amines is 1. The number of rotatable bonds is 4. The van der Waals surface area contributed by atoms with E-state index in [0.717, 1.165) is 10.0 Å². The number of hydrogen-bond acceptors (Lipinski definition) is 3. The minimum Gasteiger partial charge on any atom is -0.496 e. The average molecular weight is 364 g/mol. The Morgan fingerprint density at radius 3 is 2.73 bits per heavy atom. The van der Waals surface area contributed by atoms with E-state index in [0.29, 0.717) is 11.4 Å². The van der Waals surface area contributed by atoms with Gasteiger partial charge in [-0.1, -0.05) is 18.2 Å². The highest BCUT2D eigenvalue weighted by molar-refractivity contribution is 9.10. The van der Waals surface area contributed by atoms with Crippen LogP contribution in [0, 0.1) is 0 Å². The fourth-order valence-electron chi connectivity index (χ4n) is 1.70. The van der Waals surface area contributed by atoms with Crippen LogP contribution in [-0.2, 0) is 4.79 Å². The van der Waals surface area contributed by atoms with Crippen LogP contribution in [-0.4, -0.2) is 23.9 Å². The van der Waals surface area contributed by atoms with Crippen molar-refractivity contribution in [2.45, 2.75) is 0 Å². The Labute approximate surface area is 135 Å². The van der Waals surface area contributed by atoms with Crippen LogP contribution in [0.1, 0.15) is 16.1 Å². The third-order valence-corrected chi connectivity index (χ3v) is 3.20. The highest BCUT2D eigenvalue weighted by Gasteiger charge is 2.08. The number of carbonyl (C=O) groups excluding carboxylic acids is 2. The molecule has 22 heavy (non-hydrogen) atoms. The van der Waals surface area contributed by atoms with E-state index in [9.17, 15) is 9.59 Å². The molecule has 0 aliphatic rings. The second kappa shape index (κ2) is 7.46. The summed E-state index contributed by atoms with van der Waals surface area (Å²) in [5.74, 6) is -0.235. The normalized spacial score (nSPS) is 10.5. The molecule has 114 valence electrons. The summed E-state index contributed by atoms with van der Waals surface area (Å²) < 4.78 is 5.92. The molecule has 2 rings (SSSR count). The van der Waals surface area contributed by atoms with Gasteiger partial charge in [0.1, 0.15) is 11.4 Å². The van der Waals surface area contributed by atoms with E-state index in [-0.39, 0.29) is 0 Å². The van der Waals surface area contributed by atoms with Crippen molar-refractivity contribution in [3.63, 3.8) is 0 Å². The molecule has 0 bridgehead atoms. The number of amides is 2. The summed E-state index contributed by atoms with van der Waals surface area (Å²) >= 11 is 3.22. The van der Waals surface area contributed by atoms with Crippen molar-refractivity contribution in [3.8, 4) is 5.75 Å². The maximum absolute atomic E-state index is 11.7. The number of para-hydroxylation sites is 1. The largest absolute Gasteiger partial charge is 0.496 e. The van der Waals surface area contributed by atoms with E-state index in [4.69, 9.17) is 4.74 Å². The van der Waals surface area contributed by atoms with Gasteiger partial charge in [0.2, 0.25) is 0 Å². The van der Waals surface area contributed by atoms with E-state index in [1.807, 2.05) is 18.2 Å². The number of nitrogens with one attached hydrogen (secondary N) is 3. The smallest absolute Gasteiger partial charge is 0.286 e. The van der Waals surface area contributed by atoms with Crippen LogP contribution < -0.4 is 15.6 Å². The lowest BCUT2D eigenvalue weighted by Gasteiger charge is -2.05. The first kappa shape index (κ1) is 15.8. The second-order valence-electron chi connectivity index (χ2n) is 4.25. The van der Waals surface area contributed by atoms with E-state index >= 15 is 0 Å². The number of ether oxygens (including phenoxy) is 1. The van der Waals surface area contributed by atoms with E-state index in [2.05, 4.69) is 31.8 Å². The molecule has 6 nitrogen and oxygen atoms in total. The molecule has 3 N–H and O–H groups in total. The summed E-state index contributed by atoms with van der Waals surface area (Å²) in [5.41, 5.74) is 5.70. The summed E-state index contributed by atoms with van der Waals surface area (Å²) in [6, 6.07) is 8.89. The summed E-state index contributed by atoms with van der Waals surface area (Å²) in [7, 11) is 1.56. The maximum Gasteiger partial charge on any atom is 0.286 e. The molecular weight excluding hydrogens is 350 g/mol. The van der Waals surface area contributed by atoms with E-state index in [1.165, 1.54) is 6.08 Å². The Bertz CT molecular complexity index is 710. The fraction of sp³-hybridized carbons (Fsp3) is 0.0667. The Morgan fingerprint density at radius 1 is 1.27 bits per heavy atom. The standard InChI is InChI=1S/C15H14BrN3O3/c1-22-13-5-3-2-4-10(13)6-7-14(20)18-19-15(21)12-8-11(16)9-17-12/h2-9,17H,1H3,(H,18,20)(H,19,21)/b7-6+. The van der Waals surface area contributed by atoms with Crippen LogP contribution in [0.3, 0.4) is 0 Å². The number of methoxy groups -OCH3 is 1. The number of aromatic nitrogens is 1. The number of carbonyl (C=O) groups is 2. The fourth-order valence-corrected chi connectivity index (χ4v) is 2.04. The summed E-state index contributed by atoms with van der Waals surface area (Å²) in [4.78, 5) is 26.2. The molecule has 0 aliphatic heterocycles. The van der Waals surface area contributed by atoms with Crippen molar-refractivity contribution in [1.29, 1.82) is 0 Å². The van der Waals surface area contributed by atoms with Crippen LogP contribution in [0.25, 0.3) is 6.08 Å². The zero-order chi connectivity index (χ0) is 15.9. The molecule has 1 heterocycles. The van der Waals surface area contributed by atoms with Crippen LogP contribution in [0.4, 0.5) is 0 Å². The molecule has 0 atom stereocenters. The van der Waals surface area contributed by atoms with Gasteiger partial charge in [-0.3, -0.25) is 20.4 Å². The van der Waals surface area contributed by atoms with E-state index < -0.39 is 11.8 Å². The molecule has 0 saturated carbocycles. The SMILES string of the molecule is COc1ccccc1/C=C/C(=O)NNC(=O)c1cc(Br)c[nH]1. The zero-order valence-electron chi connectivity index (χ0n) is 11.7. The zero-order valence-corrected chi connectivity index (χ0v) is 13.3. The van der Waals surface area contributed by atoms with Crippen molar-refractivity contribution in [3.05, 3.63) is 58.3 Å². The predicted molar refractivity (Wildman–Crippen MR) is 86.1 cm³/mol. The number of H-pyrrole nitrogens is 1. The van der Waals surface area contributed by atoms with Crippen molar-refractivity contribution in [1.82, 2.24) is 15.8 Å². The molecule has 0 aliphatic carbocycles. The highest BCUT2D eigenvalue weighted by Crippen LogP contribution is 2.18. The first-order valence-electron chi connectivity index (χ1n) is 6.35. The molecule has 1 aromatic carbocycles. The van der Waals surface area contributed by atoms with Crippen molar-refractivity contribution < 1.29 is 14.3 Å². The molecule has 0 spiro atoms. The Morgan fingerprint density at radius 2 is 2.05 bits per heavy atom. The summed E-state index contributed by atoms with van der Waals surface area (Å²) in [6.07, 6.45) is 4.53. The molecule has 7 heteroatoms. The molecule has 0 fully saturated rings. The van der Waals surface area contributed by atoms with Crippen LogP contribution in [0.2, 0.25) is 0 Å². The average Bonchev–Trinajstić information content (AvgIpc) is 2.97. The Kier molecular flexibility index (Phi) is 5.37. The number of benzene rings is 1. The van der Waals surface area contributed by atoms with Gasteiger partial charge < -0.3 is 9.72 Å². The maximum atomic E-state index is 11.7. The highest BCUT2D eigenvalue weighted by atomic mass is 79.9. The molecule has 1 aromatic heterocycles. The second-order valence-corrected chi connectivity index (χ2v) is 5.17. The Hall–Kier alpha value is -2.54. The van der Waals surface area contributed by atoms with E-state index in [1.54, 1.807) is 31.5 Å². The third kappa shape index (κ3) is 4.23. The Balaban J connectivity index is 1.90. The van der Waals surface area contributed by atoms with Gasteiger partial charge >= 0.3 is 0 Å². The molecule has 2 amide bonds. The molecule has 0 unspecified atom stereocenters. The van der Waals surface area contributed by atoms with Gasteiger partial charge in [0.25, 0.3) is 11.8 Å². The van der Waals surface area contributed by atoms with Crippen LogP contribution >= 0.6 is 15.9 Å². The van der Waals surface area contributed by atoms with Crippen LogP contribution in [0.15, 0.2) is 47.1 Å². The first-order valence-corrected chi connectivity index (χ1v) is 7.15. The van der Waals surface area contributed by atoms with Crippen molar-refractivity contribution >= 4 is 33.8 Å². The number of halogens is 1. The van der Waals surface area contributed by atoms with Gasteiger partial charge in [-0.25, -0.2) is 0 Å². The summed E-state index contributed by atoms with van der Waals surface area (Å²) in [5, 5.41) is 0. The van der Waals surface area contributed by atoms with Gasteiger partial charge in [0.15, 0.2) is 0 Å². The molecule has 2 aromatic rings. The van der Waals surface area contributed by atoms with Gasteiger partial charge in [-0.15, -0.1) is 0 Å². The quantitative estimate of drug-likeness (QED) is 0.575. The predicted octanol–water partition coefficient (Wildman–Crippen LogP) is 2.26. The van der Waals surface area contributed by atoms with Gasteiger partial charge in [-0.05, 0) is 34.1 Å². The third-order valence-electron chi connectivity index (χ3n) is 2.74. The summed E-state index contributed by atoms with van der Waals surface area (Å²) in [6.45, 7) is 0. The van der Waals surface area contributed by atoms with Crippen LogP contribution in [0.5, 0.6) is 5.75 Å². The van der Waals surface area contributed by atoms with Crippen molar-refractivity contribution in [2.75, 3.05) is 7.11 Å². The number of hydrogen-bond donors (Lipinski definition) is 3. The minimum atomic E-state index is -0.454. The minimum absolute atomic E-state index is 0.334. The molecule has 0 radical (unpaired) electrons. The molecular formula is C15H14BrN3O3. The topological polar surface area (TPSA) is 83.2 Å². The first-order chi connectivity index (χ1) is 10.6. The van der Waals surface area contributed by atoms with Gasteiger partial charge in [0.05, 0.1) is 7.11 Å².